The summed E-state index contributed by atoms with van der Waals surface area (Å²) in [5, 5.41) is 11.5. The van der Waals surface area contributed by atoms with E-state index in [1.807, 2.05) is 18.2 Å². The first-order valence-electron chi connectivity index (χ1n) is 8.10. The zero-order valence-corrected chi connectivity index (χ0v) is 14.2. The number of carboxylic acids is 1. The number of anilines is 1. The molecule has 0 fully saturated rings. The van der Waals surface area contributed by atoms with Crippen LogP contribution in [0.15, 0.2) is 42.5 Å². The van der Waals surface area contributed by atoms with Crippen LogP contribution in [0, 0.1) is 5.92 Å². The molecule has 136 valence electrons. The SMILES string of the molecule is COc1ccc2c(c1)CC(C(=O)Nc1cccc(OCC(=O)O)c1)CO2. The van der Waals surface area contributed by atoms with E-state index in [1.54, 1.807) is 31.4 Å². The Bertz CT molecular complexity index is 819. The van der Waals surface area contributed by atoms with Gasteiger partial charge in [-0.2, -0.15) is 0 Å². The van der Waals surface area contributed by atoms with Crippen molar-refractivity contribution in [3.05, 3.63) is 48.0 Å². The molecule has 1 aliphatic heterocycles. The molecule has 0 aliphatic carbocycles. The second-order valence-electron chi connectivity index (χ2n) is 5.89. The van der Waals surface area contributed by atoms with E-state index in [2.05, 4.69) is 5.32 Å². The van der Waals surface area contributed by atoms with Gasteiger partial charge in [0.25, 0.3) is 0 Å². The zero-order valence-electron chi connectivity index (χ0n) is 14.2. The van der Waals surface area contributed by atoms with Crippen molar-refractivity contribution >= 4 is 17.6 Å². The molecule has 1 aliphatic rings. The largest absolute Gasteiger partial charge is 0.497 e. The molecule has 0 saturated heterocycles. The molecule has 1 amide bonds. The Hall–Kier alpha value is -3.22. The van der Waals surface area contributed by atoms with Gasteiger partial charge in [0.2, 0.25) is 5.91 Å². The van der Waals surface area contributed by atoms with E-state index in [0.717, 1.165) is 17.1 Å². The van der Waals surface area contributed by atoms with Gasteiger partial charge in [-0.1, -0.05) is 6.07 Å². The number of amides is 1. The smallest absolute Gasteiger partial charge is 0.341 e. The number of aliphatic carboxylic acids is 1. The Labute approximate surface area is 150 Å². The maximum atomic E-state index is 12.6. The first-order chi connectivity index (χ1) is 12.5. The van der Waals surface area contributed by atoms with E-state index < -0.39 is 12.6 Å². The number of hydrogen-bond acceptors (Lipinski definition) is 5. The Morgan fingerprint density at radius 3 is 2.85 bits per heavy atom. The van der Waals surface area contributed by atoms with Crippen molar-refractivity contribution in [2.45, 2.75) is 6.42 Å². The van der Waals surface area contributed by atoms with Crippen LogP contribution in [-0.4, -0.2) is 37.3 Å². The van der Waals surface area contributed by atoms with Crippen LogP contribution in [0.5, 0.6) is 17.2 Å². The van der Waals surface area contributed by atoms with Crippen molar-refractivity contribution in [3.63, 3.8) is 0 Å². The van der Waals surface area contributed by atoms with E-state index in [-0.39, 0.29) is 11.8 Å². The lowest BCUT2D eigenvalue weighted by molar-refractivity contribution is -0.139. The molecule has 0 radical (unpaired) electrons. The topological polar surface area (TPSA) is 94.1 Å². The number of ether oxygens (including phenoxy) is 3. The second kappa shape index (κ2) is 7.77. The van der Waals surface area contributed by atoms with E-state index in [9.17, 15) is 9.59 Å². The van der Waals surface area contributed by atoms with Crippen molar-refractivity contribution in [1.82, 2.24) is 0 Å². The molecular formula is C19H19NO6. The van der Waals surface area contributed by atoms with Gasteiger partial charge in [0.1, 0.15) is 23.9 Å². The Balaban J connectivity index is 1.65. The molecule has 7 nitrogen and oxygen atoms in total. The standard InChI is InChI=1S/C19H19NO6/c1-24-15-5-6-17-12(8-15)7-13(10-26-17)19(23)20-14-3-2-4-16(9-14)25-11-18(21)22/h2-6,8-9,13H,7,10-11H2,1H3,(H,20,23)(H,21,22). The molecule has 0 spiro atoms. The van der Waals surface area contributed by atoms with Crippen LogP contribution in [0.4, 0.5) is 5.69 Å². The lowest BCUT2D eigenvalue weighted by Crippen LogP contribution is -2.32. The normalized spacial score (nSPS) is 15.3. The Morgan fingerprint density at radius 1 is 1.23 bits per heavy atom. The average molecular weight is 357 g/mol. The maximum absolute atomic E-state index is 12.6. The highest BCUT2D eigenvalue weighted by Gasteiger charge is 2.26. The van der Waals surface area contributed by atoms with E-state index >= 15 is 0 Å². The third-order valence-corrected chi connectivity index (χ3v) is 4.01. The summed E-state index contributed by atoms with van der Waals surface area (Å²) in [6.07, 6.45) is 0.549. The number of carbonyl (C=O) groups excluding carboxylic acids is 1. The van der Waals surface area contributed by atoms with Gasteiger partial charge in [-0.15, -0.1) is 0 Å². The van der Waals surface area contributed by atoms with E-state index in [1.165, 1.54) is 0 Å². The monoisotopic (exact) mass is 357 g/mol. The summed E-state index contributed by atoms with van der Waals surface area (Å²) in [4.78, 5) is 23.1. The van der Waals surface area contributed by atoms with Crippen LogP contribution in [0.3, 0.4) is 0 Å². The van der Waals surface area contributed by atoms with Crippen LogP contribution in [0.2, 0.25) is 0 Å². The minimum absolute atomic E-state index is 0.172. The third kappa shape index (κ3) is 4.24. The second-order valence-corrected chi connectivity index (χ2v) is 5.89. The number of methoxy groups -OCH3 is 1. The van der Waals surface area contributed by atoms with Gasteiger partial charge >= 0.3 is 5.97 Å². The molecule has 7 heteroatoms. The van der Waals surface area contributed by atoms with Crippen LogP contribution in [-0.2, 0) is 16.0 Å². The summed E-state index contributed by atoms with van der Waals surface area (Å²) < 4.78 is 16.0. The molecule has 0 bridgehead atoms. The molecule has 2 aromatic rings. The van der Waals surface area contributed by atoms with Crippen molar-refractivity contribution in [2.24, 2.45) is 5.92 Å². The number of carbonyl (C=O) groups is 2. The van der Waals surface area contributed by atoms with Crippen LogP contribution >= 0.6 is 0 Å². The highest BCUT2D eigenvalue weighted by atomic mass is 16.5. The predicted octanol–water partition coefficient (Wildman–Crippen LogP) is 2.35. The third-order valence-electron chi connectivity index (χ3n) is 4.01. The fraction of sp³-hybridized carbons (Fsp3) is 0.263. The molecule has 3 rings (SSSR count). The highest BCUT2D eigenvalue weighted by molar-refractivity contribution is 5.93. The van der Waals surface area contributed by atoms with Crippen molar-refractivity contribution in [2.75, 3.05) is 25.6 Å². The number of nitrogens with one attached hydrogen (secondary N) is 1. The van der Waals surface area contributed by atoms with Gasteiger partial charge in [0, 0.05) is 11.8 Å². The summed E-state index contributed by atoms with van der Waals surface area (Å²) in [5.41, 5.74) is 1.46. The number of rotatable bonds is 6. The molecule has 2 N–H and O–H groups in total. The fourth-order valence-corrected chi connectivity index (χ4v) is 2.72. The van der Waals surface area contributed by atoms with Gasteiger partial charge in [-0.3, -0.25) is 4.79 Å². The van der Waals surface area contributed by atoms with Crippen molar-refractivity contribution in [3.8, 4) is 17.2 Å². The molecular weight excluding hydrogens is 338 g/mol. The zero-order chi connectivity index (χ0) is 18.5. The highest BCUT2D eigenvalue weighted by Crippen LogP contribution is 2.31. The lowest BCUT2D eigenvalue weighted by atomic mass is 9.95. The lowest BCUT2D eigenvalue weighted by Gasteiger charge is -2.25. The van der Waals surface area contributed by atoms with Crippen molar-refractivity contribution in [1.29, 1.82) is 0 Å². The van der Waals surface area contributed by atoms with Gasteiger partial charge in [0.05, 0.1) is 13.0 Å². The quantitative estimate of drug-likeness (QED) is 0.824. The van der Waals surface area contributed by atoms with E-state index in [0.29, 0.717) is 24.5 Å². The van der Waals surface area contributed by atoms with Crippen molar-refractivity contribution < 1.29 is 28.9 Å². The Kier molecular flexibility index (Phi) is 5.26. The van der Waals surface area contributed by atoms with Crippen LogP contribution in [0.1, 0.15) is 5.56 Å². The average Bonchev–Trinajstić information content (AvgIpc) is 2.65. The van der Waals surface area contributed by atoms with Gasteiger partial charge in [-0.05, 0) is 42.3 Å². The van der Waals surface area contributed by atoms with Gasteiger partial charge in [-0.25, -0.2) is 4.79 Å². The molecule has 26 heavy (non-hydrogen) atoms. The summed E-state index contributed by atoms with van der Waals surface area (Å²) >= 11 is 0. The minimum Gasteiger partial charge on any atom is -0.497 e. The number of benzene rings is 2. The summed E-state index contributed by atoms with van der Waals surface area (Å²) in [6, 6.07) is 12.1. The first-order valence-corrected chi connectivity index (χ1v) is 8.10. The molecule has 0 saturated carbocycles. The minimum atomic E-state index is -1.06. The molecule has 2 aromatic carbocycles. The summed E-state index contributed by atoms with van der Waals surface area (Å²) in [6.45, 7) is -0.146. The van der Waals surface area contributed by atoms with Gasteiger partial charge < -0.3 is 24.6 Å². The van der Waals surface area contributed by atoms with Crippen LogP contribution < -0.4 is 19.5 Å². The summed E-state index contributed by atoms with van der Waals surface area (Å²) in [5.74, 6) is 0.288. The first kappa shape index (κ1) is 17.6. The van der Waals surface area contributed by atoms with Crippen LogP contribution in [0.25, 0.3) is 0 Å². The Morgan fingerprint density at radius 2 is 2.08 bits per heavy atom. The number of fused-ring (bicyclic) bond motifs is 1. The predicted molar refractivity (Wildman–Crippen MR) is 93.9 cm³/mol. The molecule has 1 heterocycles. The molecule has 1 unspecified atom stereocenters. The molecule has 1 atom stereocenters. The number of hydrogen-bond donors (Lipinski definition) is 2. The summed E-state index contributed by atoms with van der Waals surface area (Å²) in [7, 11) is 1.59. The fourth-order valence-electron chi connectivity index (χ4n) is 2.72. The van der Waals surface area contributed by atoms with Gasteiger partial charge in [0.15, 0.2) is 6.61 Å². The van der Waals surface area contributed by atoms with E-state index in [4.69, 9.17) is 19.3 Å². The number of carboxylic acid groups (broad SMARTS) is 1. The molecule has 0 aromatic heterocycles. The maximum Gasteiger partial charge on any atom is 0.341 e.